The van der Waals surface area contributed by atoms with Crippen molar-refractivity contribution in [2.45, 2.75) is 6.42 Å². The molecule has 0 heterocycles. The molecular formula is C9H6BrCl. The summed E-state index contributed by atoms with van der Waals surface area (Å²) in [5.74, 6) is 0. The van der Waals surface area contributed by atoms with E-state index in [4.69, 9.17) is 11.6 Å². The highest BCUT2D eigenvalue weighted by Gasteiger charge is 2.13. The summed E-state index contributed by atoms with van der Waals surface area (Å²) in [5, 5.41) is 0.869. The van der Waals surface area contributed by atoms with Crippen LogP contribution in [0, 0.1) is 0 Å². The van der Waals surface area contributed by atoms with Crippen molar-refractivity contribution in [2.75, 3.05) is 0 Å². The zero-order valence-electron chi connectivity index (χ0n) is 5.77. The Kier molecular flexibility index (Phi) is 1.78. The van der Waals surface area contributed by atoms with Crippen LogP contribution in [0.15, 0.2) is 24.3 Å². The highest BCUT2D eigenvalue weighted by molar-refractivity contribution is 9.15. The Labute approximate surface area is 79.0 Å². The number of hydrogen-bond acceptors (Lipinski definition) is 0. The van der Waals surface area contributed by atoms with E-state index in [1.165, 1.54) is 11.1 Å². The minimum Gasteiger partial charge on any atom is -0.0840 e. The first-order chi connectivity index (χ1) is 5.29. The summed E-state index contributed by atoms with van der Waals surface area (Å²) in [6, 6.07) is 5.98. The minimum absolute atomic E-state index is 0.869. The molecule has 1 aromatic rings. The lowest BCUT2D eigenvalue weighted by molar-refractivity contribution is 1.31. The first-order valence-electron chi connectivity index (χ1n) is 3.42. The van der Waals surface area contributed by atoms with Gasteiger partial charge in [0.25, 0.3) is 0 Å². The number of halogens is 2. The topological polar surface area (TPSA) is 0 Å². The Balaban J connectivity index is 2.64. The van der Waals surface area contributed by atoms with Gasteiger partial charge in [0, 0.05) is 9.51 Å². The summed E-state index contributed by atoms with van der Waals surface area (Å²) in [6.07, 6.45) is 3.09. The molecular weight excluding hydrogens is 223 g/mol. The fourth-order valence-corrected chi connectivity index (χ4v) is 2.08. The van der Waals surface area contributed by atoms with Crippen LogP contribution in [0.4, 0.5) is 0 Å². The van der Waals surface area contributed by atoms with Crippen LogP contribution in [0.2, 0.25) is 5.02 Å². The van der Waals surface area contributed by atoms with E-state index in [2.05, 4.69) is 28.1 Å². The predicted molar refractivity (Wildman–Crippen MR) is 52.1 cm³/mol. The number of benzene rings is 1. The molecule has 0 nitrogen and oxygen atoms in total. The average Bonchev–Trinajstić information content (AvgIpc) is 2.35. The van der Waals surface area contributed by atoms with Gasteiger partial charge >= 0.3 is 0 Å². The van der Waals surface area contributed by atoms with E-state index < -0.39 is 0 Å². The Bertz CT molecular complexity index is 328. The van der Waals surface area contributed by atoms with Crippen LogP contribution >= 0.6 is 27.5 Å². The van der Waals surface area contributed by atoms with Gasteiger partial charge in [0.05, 0.1) is 0 Å². The number of fused-ring (bicyclic) bond motifs is 1. The van der Waals surface area contributed by atoms with Gasteiger partial charge in [-0.05, 0) is 23.6 Å². The lowest BCUT2D eigenvalue weighted by Crippen LogP contribution is -1.82. The molecule has 56 valence electrons. The van der Waals surface area contributed by atoms with Crippen LogP contribution in [-0.4, -0.2) is 0 Å². The van der Waals surface area contributed by atoms with E-state index in [0.29, 0.717) is 0 Å². The molecule has 1 aliphatic carbocycles. The Hall–Kier alpha value is -0.270. The molecule has 0 fully saturated rings. The van der Waals surface area contributed by atoms with Crippen molar-refractivity contribution in [1.82, 2.24) is 0 Å². The molecule has 1 aromatic carbocycles. The van der Waals surface area contributed by atoms with Gasteiger partial charge in [-0.15, -0.1) is 0 Å². The molecule has 0 N–H and O–H groups in total. The maximum atomic E-state index is 5.98. The molecule has 0 bridgehead atoms. The van der Waals surface area contributed by atoms with Gasteiger partial charge in [-0.2, -0.15) is 0 Å². The lowest BCUT2D eigenvalue weighted by Gasteiger charge is -2.00. The third-order valence-corrected chi connectivity index (χ3v) is 2.97. The van der Waals surface area contributed by atoms with Crippen LogP contribution in [0.1, 0.15) is 11.1 Å². The third kappa shape index (κ3) is 1.13. The SMILES string of the molecule is Clc1cccc2c1CC=C2Br. The molecule has 0 aliphatic heterocycles. The van der Waals surface area contributed by atoms with Crippen molar-refractivity contribution >= 4 is 32.0 Å². The summed E-state index contributed by atoms with van der Waals surface area (Å²) < 4.78 is 1.16. The van der Waals surface area contributed by atoms with Crippen molar-refractivity contribution in [2.24, 2.45) is 0 Å². The van der Waals surface area contributed by atoms with Gasteiger partial charge < -0.3 is 0 Å². The highest BCUT2D eigenvalue weighted by atomic mass is 79.9. The smallest absolute Gasteiger partial charge is 0.0447 e. The second kappa shape index (κ2) is 2.65. The summed E-state index contributed by atoms with van der Waals surface area (Å²) in [4.78, 5) is 0. The van der Waals surface area contributed by atoms with E-state index in [1.54, 1.807) is 0 Å². The number of rotatable bonds is 0. The molecule has 0 amide bonds. The summed E-state index contributed by atoms with van der Waals surface area (Å²) in [6.45, 7) is 0. The third-order valence-electron chi connectivity index (χ3n) is 1.86. The molecule has 2 rings (SSSR count). The summed E-state index contributed by atoms with van der Waals surface area (Å²) in [5.41, 5.74) is 2.47. The zero-order chi connectivity index (χ0) is 7.84. The average molecular weight is 230 g/mol. The van der Waals surface area contributed by atoms with E-state index in [9.17, 15) is 0 Å². The molecule has 2 heteroatoms. The second-order valence-electron chi connectivity index (χ2n) is 2.52. The molecule has 0 atom stereocenters. The molecule has 0 spiro atoms. The van der Waals surface area contributed by atoms with Crippen molar-refractivity contribution in [1.29, 1.82) is 0 Å². The van der Waals surface area contributed by atoms with Crippen LogP contribution in [0.5, 0.6) is 0 Å². The van der Waals surface area contributed by atoms with E-state index >= 15 is 0 Å². The van der Waals surface area contributed by atoms with Crippen LogP contribution in [-0.2, 0) is 6.42 Å². The fraction of sp³-hybridized carbons (Fsp3) is 0.111. The molecule has 0 saturated heterocycles. The van der Waals surface area contributed by atoms with Gasteiger partial charge in [-0.25, -0.2) is 0 Å². The summed E-state index contributed by atoms with van der Waals surface area (Å²) >= 11 is 9.45. The van der Waals surface area contributed by atoms with Gasteiger partial charge in [-0.1, -0.05) is 45.7 Å². The van der Waals surface area contributed by atoms with Gasteiger partial charge in [0.2, 0.25) is 0 Å². The normalized spacial score (nSPS) is 14.5. The first kappa shape index (κ1) is 7.38. The monoisotopic (exact) mass is 228 g/mol. The summed E-state index contributed by atoms with van der Waals surface area (Å²) in [7, 11) is 0. The molecule has 1 aliphatic rings. The van der Waals surface area contributed by atoms with Crippen LogP contribution in [0.25, 0.3) is 4.48 Å². The molecule has 0 radical (unpaired) electrons. The quantitative estimate of drug-likeness (QED) is 0.637. The van der Waals surface area contributed by atoms with Gasteiger partial charge in [0.15, 0.2) is 0 Å². The van der Waals surface area contributed by atoms with Crippen LogP contribution < -0.4 is 0 Å². The Morgan fingerprint density at radius 1 is 1.36 bits per heavy atom. The van der Waals surface area contributed by atoms with Crippen LogP contribution in [0.3, 0.4) is 0 Å². The van der Waals surface area contributed by atoms with Crippen molar-refractivity contribution in [3.05, 3.63) is 40.4 Å². The fourth-order valence-electron chi connectivity index (χ4n) is 1.29. The lowest BCUT2D eigenvalue weighted by atomic mass is 10.1. The van der Waals surface area contributed by atoms with E-state index in [0.717, 1.165) is 15.9 Å². The highest BCUT2D eigenvalue weighted by Crippen LogP contribution is 2.35. The number of allylic oxidation sites excluding steroid dienone is 1. The molecule has 11 heavy (non-hydrogen) atoms. The largest absolute Gasteiger partial charge is 0.0840 e. The first-order valence-corrected chi connectivity index (χ1v) is 4.59. The zero-order valence-corrected chi connectivity index (χ0v) is 8.11. The van der Waals surface area contributed by atoms with Gasteiger partial charge in [-0.3, -0.25) is 0 Å². The molecule has 0 unspecified atom stereocenters. The second-order valence-corrected chi connectivity index (χ2v) is 3.78. The van der Waals surface area contributed by atoms with Gasteiger partial charge in [0.1, 0.15) is 0 Å². The van der Waals surface area contributed by atoms with Crippen molar-refractivity contribution in [3.63, 3.8) is 0 Å². The molecule has 0 saturated carbocycles. The molecule has 0 aromatic heterocycles. The van der Waals surface area contributed by atoms with Crippen molar-refractivity contribution < 1.29 is 0 Å². The maximum Gasteiger partial charge on any atom is 0.0447 e. The maximum absolute atomic E-state index is 5.98. The Morgan fingerprint density at radius 3 is 2.91 bits per heavy atom. The Morgan fingerprint density at radius 2 is 2.18 bits per heavy atom. The standard InChI is InChI=1S/C9H6BrCl/c10-8-5-4-7-6(8)2-1-3-9(7)11/h1-3,5H,4H2. The van der Waals surface area contributed by atoms with Crippen molar-refractivity contribution in [3.8, 4) is 0 Å². The van der Waals surface area contributed by atoms with E-state index in [-0.39, 0.29) is 0 Å². The number of hydrogen-bond donors (Lipinski definition) is 0. The predicted octanol–water partition coefficient (Wildman–Crippen LogP) is 3.63. The van der Waals surface area contributed by atoms with E-state index in [1.807, 2.05) is 12.1 Å². The minimum atomic E-state index is 0.869.